The van der Waals surface area contributed by atoms with E-state index in [0.717, 1.165) is 25.1 Å². The first-order valence-electron chi connectivity index (χ1n) is 4.46. The highest BCUT2D eigenvalue weighted by Crippen LogP contribution is 2.22. The molecule has 0 saturated carbocycles. The molecule has 0 fully saturated rings. The Balaban J connectivity index is 2.41. The zero-order valence-corrected chi connectivity index (χ0v) is 7.53. The smallest absolute Gasteiger partial charge is 0.339 e. The third-order valence-corrected chi connectivity index (χ3v) is 2.55. The summed E-state index contributed by atoms with van der Waals surface area (Å²) in [4.78, 5) is 10.8. The molecule has 1 aromatic heterocycles. The summed E-state index contributed by atoms with van der Waals surface area (Å²) >= 11 is 0. The monoisotopic (exact) mass is 180 g/mol. The first-order valence-corrected chi connectivity index (χ1v) is 4.46. The minimum absolute atomic E-state index is 0.367. The molecular formula is C9H12N2O2. The fourth-order valence-corrected chi connectivity index (χ4v) is 1.77. The molecule has 13 heavy (non-hydrogen) atoms. The summed E-state index contributed by atoms with van der Waals surface area (Å²) in [6, 6.07) is 0. The molecule has 0 aliphatic carbocycles. The first kappa shape index (κ1) is 8.29. The zero-order valence-electron chi connectivity index (χ0n) is 7.53. The Bertz CT molecular complexity index is 343. The van der Waals surface area contributed by atoms with Crippen LogP contribution in [0.2, 0.25) is 0 Å². The summed E-state index contributed by atoms with van der Waals surface area (Å²) in [6.45, 7) is 2.99. The molecule has 1 aromatic rings. The number of carboxylic acid groups (broad SMARTS) is 1. The summed E-state index contributed by atoms with van der Waals surface area (Å²) < 4.78 is 1.81. The highest BCUT2D eigenvalue weighted by molar-refractivity contribution is 5.88. The summed E-state index contributed by atoms with van der Waals surface area (Å²) in [6.07, 6.45) is 3.38. The van der Waals surface area contributed by atoms with Crippen LogP contribution < -0.4 is 0 Å². The van der Waals surface area contributed by atoms with Gasteiger partial charge >= 0.3 is 5.97 Å². The number of carbonyl (C=O) groups is 1. The number of hydrogen-bond acceptors (Lipinski definition) is 2. The molecule has 1 aliphatic rings. The average molecular weight is 180 g/mol. The van der Waals surface area contributed by atoms with E-state index in [1.165, 1.54) is 6.20 Å². The van der Waals surface area contributed by atoms with Crippen LogP contribution in [0.3, 0.4) is 0 Å². The second-order valence-corrected chi connectivity index (χ2v) is 3.63. The van der Waals surface area contributed by atoms with Gasteiger partial charge in [0.2, 0.25) is 0 Å². The van der Waals surface area contributed by atoms with Crippen molar-refractivity contribution in [2.45, 2.75) is 26.3 Å². The van der Waals surface area contributed by atoms with Gasteiger partial charge in [-0.3, -0.25) is 4.68 Å². The van der Waals surface area contributed by atoms with Crippen LogP contribution in [0.5, 0.6) is 0 Å². The van der Waals surface area contributed by atoms with Gasteiger partial charge in [0.05, 0.1) is 11.9 Å². The molecule has 1 N–H and O–H groups in total. The maximum atomic E-state index is 10.8. The molecule has 0 radical (unpaired) electrons. The van der Waals surface area contributed by atoms with Crippen molar-refractivity contribution in [1.29, 1.82) is 0 Å². The average Bonchev–Trinajstić information content (AvgIpc) is 2.46. The largest absolute Gasteiger partial charge is 0.478 e. The molecule has 0 amide bonds. The molecule has 0 saturated heterocycles. The SMILES string of the molecule is C[C@@H]1CCn2ncc(C(=O)O)c2C1. The van der Waals surface area contributed by atoms with Gasteiger partial charge in [-0.25, -0.2) is 4.79 Å². The molecule has 0 spiro atoms. The maximum Gasteiger partial charge on any atom is 0.339 e. The first-order chi connectivity index (χ1) is 6.18. The van der Waals surface area contributed by atoms with Gasteiger partial charge < -0.3 is 5.11 Å². The van der Waals surface area contributed by atoms with Crippen molar-refractivity contribution < 1.29 is 9.90 Å². The van der Waals surface area contributed by atoms with E-state index in [1.807, 2.05) is 4.68 Å². The van der Waals surface area contributed by atoms with Crippen molar-refractivity contribution in [1.82, 2.24) is 9.78 Å². The van der Waals surface area contributed by atoms with E-state index in [-0.39, 0.29) is 0 Å². The van der Waals surface area contributed by atoms with E-state index in [0.29, 0.717) is 11.5 Å². The molecule has 0 aromatic carbocycles. The van der Waals surface area contributed by atoms with Crippen LogP contribution in [0.25, 0.3) is 0 Å². The molecular weight excluding hydrogens is 168 g/mol. The number of rotatable bonds is 1. The minimum atomic E-state index is -0.865. The number of nitrogens with zero attached hydrogens (tertiary/aromatic N) is 2. The Hall–Kier alpha value is -1.32. The quantitative estimate of drug-likeness (QED) is 0.705. The summed E-state index contributed by atoms with van der Waals surface area (Å²) in [5.74, 6) is -0.294. The van der Waals surface area contributed by atoms with Crippen LogP contribution in [0, 0.1) is 5.92 Å². The Morgan fingerprint density at radius 1 is 1.77 bits per heavy atom. The van der Waals surface area contributed by atoms with Crippen molar-refractivity contribution in [2.75, 3.05) is 0 Å². The van der Waals surface area contributed by atoms with E-state index in [4.69, 9.17) is 5.11 Å². The van der Waals surface area contributed by atoms with Crippen LogP contribution >= 0.6 is 0 Å². The molecule has 4 heteroatoms. The van der Waals surface area contributed by atoms with Gasteiger partial charge in [-0.05, 0) is 18.8 Å². The number of hydrogen-bond donors (Lipinski definition) is 1. The Kier molecular flexibility index (Phi) is 1.83. The van der Waals surface area contributed by atoms with E-state index in [1.54, 1.807) is 0 Å². The van der Waals surface area contributed by atoms with E-state index >= 15 is 0 Å². The van der Waals surface area contributed by atoms with E-state index < -0.39 is 5.97 Å². The van der Waals surface area contributed by atoms with Crippen molar-refractivity contribution >= 4 is 5.97 Å². The Morgan fingerprint density at radius 2 is 2.54 bits per heavy atom. The van der Waals surface area contributed by atoms with Gasteiger partial charge in [0.15, 0.2) is 0 Å². The fourth-order valence-electron chi connectivity index (χ4n) is 1.77. The van der Waals surface area contributed by atoms with Crippen LogP contribution in [0.4, 0.5) is 0 Å². The third-order valence-electron chi connectivity index (χ3n) is 2.55. The van der Waals surface area contributed by atoms with Crippen LogP contribution in [0.1, 0.15) is 29.4 Å². The van der Waals surface area contributed by atoms with Crippen LogP contribution in [0.15, 0.2) is 6.20 Å². The summed E-state index contributed by atoms with van der Waals surface area (Å²) in [7, 11) is 0. The van der Waals surface area contributed by atoms with Crippen molar-refractivity contribution in [2.24, 2.45) is 5.92 Å². The minimum Gasteiger partial charge on any atom is -0.478 e. The van der Waals surface area contributed by atoms with Crippen LogP contribution in [-0.2, 0) is 13.0 Å². The Morgan fingerprint density at radius 3 is 3.23 bits per heavy atom. The van der Waals surface area contributed by atoms with Crippen molar-refractivity contribution in [3.63, 3.8) is 0 Å². The zero-order chi connectivity index (χ0) is 9.42. The molecule has 0 unspecified atom stereocenters. The van der Waals surface area contributed by atoms with Crippen LogP contribution in [-0.4, -0.2) is 20.9 Å². The molecule has 4 nitrogen and oxygen atoms in total. The number of fused-ring (bicyclic) bond motifs is 1. The maximum absolute atomic E-state index is 10.8. The van der Waals surface area contributed by atoms with Gasteiger partial charge in [0, 0.05) is 6.54 Å². The predicted molar refractivity (Wildman–Crippen MR) is 46.7 cm³/mol. The van der Waals surface area contributed by atoms with Gasteiger partial charge in [0.25, 0.3) is 0 Å². The molecule has 70 valence electrons. The highest BCUT2D eigenvalue weighted by atomic mass is 16.4. The second-order valence-electron chi connectivity index (χ2n) is 3.63. The molecule has 0 bridgehead atoms. The lowest BCUT2D eigenvalue weighted by Crippen LogP contribution is -2.19. The van der Waals surface area contributed by atoms with Crippen molar-refractivity contribution in [3.8, 4) is 0 Å². The number of aromatic nitrogens is 2. The molecule has 2 heterocycles. The normalized spacial score (nSPS) is 21.2. The molecule has 1 atom stereocenters. The highest BCUT2D eigenvalue weighted by Gasteiger charge is 2.22. The Labute approximate surface area is 76.2 Å². The summed E-state index contributed by atoms with van der Waals surface area (Å²) in [5.41, 5.74) is 1.25. The van der Waals surface area contributed by atoms with Gasteiger partial charge in [-0.2, -0.15) is 5.10 Å². The standard InChI is InChI=1S/C9H12N2O2/c1-6-2-3-11-8(4-6)7(5-10-11)9(12)13/h5-6H,2-4H2,1H3,(H,12,13)/t6-/m1/s1. The lowest BCUT2D eigenvalue weighted by atomic mass is 9.96. The van der Waals surface area contributed by atoms with E-state index in [2.05, 4.69) is 12.0 Å². The third kappa shape index (κ3) is 1.32. The lowest BCUT2D eigenvalue weighted by Gasteiger charge is -2.19. The van der Waals surface area contributed by atoms with E-state index in [9.17, 15) is 4.79 Å². The number of carboxylic acids is 1. The van der Waals surface area contributed by atoms with Gasteiger partial charge in [-0.15, -0.1) is 0 Å². The van der Waals surface area contributed by atoms with Crippen molar-refractivity contribution in [3.05, 3.63) is 17.5 Å². The number of aromatic carboxylic acids is 1. The predicted octanol–water partition coefficient (Wildman–Crippen LogP) is 1.16. The fraction of sp³-hybridized carbons (Fsp3) is 0.556. The van der Waals surface area contributed by atoms with Gasteiger partial charge in [0.1, 0.15) is 5.56 Å². The molecule has 2 rings (SSSR count). The number of aryl methyl sites for hydroxylation is 1. The topological polar surface area (TPSA) is 55.1 Å². The van der Waals surface area contributed by atoms with Gasteiger partial charge in [-0.1, -0.05) is 6.92 Å². The second kappa shape index (κ2) is 2.87. The molecule has 1 aliphatic heterocycles. The lowest BCUT2D eigenvalue weighted by molar-refractivity contribution is 0.0695. The summed E-state index contributed by atoms with van der Waals surface area (Å²) in [5, 5.41) is 12.9.